The Morgan fingerprint density at radius 2 is 1.78 bits per heavy atom. The smallest absolute Gasteiger partial charge is 0.335 e. The molecule has 0 saturated heterocycles. The average Bonchev–Trinajstić information content (AvgIpc) is 3.13. The molecule has 4 rings (SSSR count). The largest absolute Gasteiger partial charge is 0.478 e. The Hall–Kier alpha value is -4.33. The number of hydrogen-bond donors (Lipinski definition) is 3. The Bertz CT molecular complexity index is 1310. The maximum Gasteiger partial charge on any atom is 0.335 e. The van der Waals surface area contributed by atoms with Crippen LogP contribution in [0.3, 0.4) is 0 Å². The van der Waals surface area contributed by atoms with Crippen molar-refractivity contribution in [2.75, 3.05) is 0 Å². The van der Waals surface area contributed by atoms with Crippen molar-refractivity contribution in [3.8, 4) is 0 Å². The maximum atomic E-state index is 12.2. The first-order valence-corrected chi connectivity index (χ1v) is 10.0. The molecule has 32 heavy (non-hydrogen) atoms. The number of benzene rings is 2. The van der Waals surface area contributed by atoms with E-state index in [1.54, 1.807) is 48.7 Å². The number of nitrogens with zero attached hydrogens (tertiary/aromatic N) is 3. The average molecular weight is 427 g/mol. The van der Waals surface area contributed by atoms with Crippen molar-refractivity contribution in [1.29, 1.82) is 5.41 Å². The van der Waals surface area contributed by atoms with E-state index in [2.05, 4.69) is 15.3 Å². The van der Waals surface area contributed by atoms with Crippen LogP contribution in [0.5, 0.6) is 0 Å². The fraction of sp³-hybridized carbons (Fsp3) is 0.125. The number of hydrogen-bond acceptors (Lipinski definition) is 5. The minimum absolute atomic E-state index is 0.0231. The first-order valence-electron chi connectivity index (χ1n) is 10.0. The highest BCUT2D eigenvalue weighted by Crippen LogP contribution is 2.18. The Morgan fingerprint density at radius 3 is 2.47 bits per heavy atom. The molecule has 160 valence electrons. The summed E-state index contributed by atoms with van der Waals surface area (Å²) in [6, 6.07) is 15.7. The molecule has 2 aromatic heterocycles. The van der Waals surface area contributed by atoms with Crippen LogP contribution in [0.25, 0.3) is 11.0 Å². The molecule has 8 heteroatoms. The highest BCUT2D eigenvalue weighted by Gasteiger charge is 2.12. The number of carbonyl (C=O) groups is 2. The Balaban J connectivity index is 1.41. The predicted molar refractivity (Wildman–Crippen MR) is 120 cm³/mol. The topological polar surface area (TPSA) is 121 Å². The number of aryl methyl sites for hydroxylation is 3. The summed E-state index contributed by atoms with van der Waals surface area (Å²) >= 11 is 0. The number of fused-ring (bicyclic) bond motifs is 1. The molecule has 0 aliphatic rings. The van der Waals surface area contributed by atoms with Gasteiger partial charge in [0.1, 0.15) is 11.7 Å². The zero-order chi connectivity index (χ0) is 22.7. The van der Waals surface area contributed by atoms with Crippen LogP contribution in [0.4, 0.5) is 0 Å². The van der Waals surface area contributed by atoms with Crippen LogP contribution < -0.4 is 5.32 Å². The molecule has 0 saturated carbocycles. The van der Waals surface area contributed by atoms with Gasteiger partial charge in [-0.3, -0.25) is 15.2 Å². The van der Waals surface area contributed by atoms with Crippen LogP contribution in [0.2, 0.25) is 0 Å². The summed E-state index contributed by atoms with van der Waals surface area (Å²) in [5.41, 5.74) is 3.84. The van der Waals surface area contributed by atoms with Crippen molar-refractivity contribution in [2.45, 2.75) is 12.8 Å². The molecule has 0 fully saturated rings. The third-order valence-corrected chi connectivity index (χ3v) is 5.26. The van der Waals surface area contributed by atoms with Gasteiger partial charge in [0.2, 0.25) is 0 Å². The van der Waals surface area contributed by atoms with E-state index in [0.29, 0.717) is 23.1 Å². The maximum absolute atomic E-state index is 12.2. The highest BCUT2D eigenvalue weighted by molar-refractivity contribution is 6.11. The van der Waals surface area contributed by atoms with Crippen molar-refractivity contribution in [1.82, 2.24) is 19.9 Å². The van der Waals surface area contributed by atoms with Crippen molar-refractivity contribution in [2.24, 2.45) is 7.05 Å². The van der Waals surface area contributed by atoms with Gasteiger partial charge in [-0.2, -0.15) is 0 Å². The number of aromatic nitrogens is 3. The van der Waals surface area contributed by atoms with Gasteiger partial charge in [0, 0.05) is 31.4 Å². The lowest BCUT2D eigenvalue weighted by molar-refractivity contribution is 0.0696. The van der Waals surface area contributed by atoms with Crippen LogP contribution >= 0.6 is 0 Å². The monoisotopic (exact) mass is 427 g/mol. The lowest BCUT2D eigenvalue weighted by atomic mass is 10.1. The zero-order valence-corrected chi connectivity index (χ0v) is 17.4. The highest BCUT2D eigenvalue weighted by atomic mass is 16.4. The van der Waals surface area contributed by atoms with E-state index in [0.717, 1.165) is 23.3 Å². The molecule has 3 N–H and O–H groups in total. The molecular weight excluding hydrogens is 406 g/mol. The number of carboxylic acids is 1. The molecule has 0 aliphatic carbocycles. The van der Waals surface area contributed by atoms with Crippen molar-refractivity contribution < 1.29 is 14.7 Å². The van der Waals surface area contributed by atoms with Gasteiger partial charge in [0.05, 0.1) is 22.2 Å². The summed E-state index contributed by atoms with van der Waals surface area (Å²) in [6.07, 6.45) is 4.46. The molecule has 0 radical (unpaired) electrons. The Labute approximate surface area is 184 Å². The standard InChI is InChI=1S/C24H21N5O3/c1-29-20-10-9-17(24(31)32)13-19(20)27-21(29)11-6-15-4-7-16(8-5-15)22(25)28-23(30)18-3-2-12-26-14-18/h2-5,7-10,12-14H,6,11H2,1H3,(H,31,32)(H2,25,28,30). The lowest BCUT2D eigenvalue weighted by Gasteiger charge is -2.08. The number of carbonyl (C=O) groups excluding carboxylic acids is 1. The van der Waals surface area contributed by atoms with Crippen LogP contribution in [-0.4, -0.2) is 37.4 Å². The van der Waals surface area contributed by atoms with E-state index >= 15 is 0 Å². The molecule has 0 bridgehead atoms. The molecule has 4 aromatic rings. The Kier molecular flexibility index (Phi) is 5.76. The number of pyridine rings is 1. The van der Waals surface area contributed by atoms with Crippen molar-refractivity contribution in [3.63, 3.8) is 0 Å². The van der Waals surface area contributed by atoms with Gasteiger partial charge >= 0.3 is 5.97 Å². The SMILES string of the molecule is Cn1c(CCc2ccc(C(=N)NC(=O)c3cccnc3)cc2)nc2cc(C(=O)O)ccc21. The quantitative estimate of drug-likeness (QED) is 0.322. The van der Waals surface area contributed by atoms with Gasteiger partial charge in [-0.1, -0.05) is 24.3 Å². The molecule has 0 aliphatic heterocycles. The normalized spacial score (nSPS) is 10.8. The first kappa shape index (κ1) is 20.9. The summed E-state index contributed by atoms with van der Waals surface area (Å²) in [5, 5.41) is 19.9. The predicted octanol–water partition coefficient (Wildman–Crippen LogP) is 3.21. The summed E-state index contributed by atoms with van der Waals surface area (Å²) in [6.45, 7) is 0. The zero-order valence-electron chi connectivity index (χ0n) is 17.4. The molecule has 0 spiro atoms. The minimum Gasteiger partial charge on any atom is -0.478 e. The second-order valence-corrected chi connectivity index (χ2v) is 7.36. The first-order chi connectivity index (χ1) is 15.4. The second-order valence-electron chi connectivity index (χ2n) is 7.36. The number of amidine groups is 1. The fourth-order valence-electron chi connectivity index (χ4n) is 3.46. The van der Waals surface area contributed by atoms with E-state index in [9.17, 15) is 9.59 Å². The van der Waals surface area contributed by atoms with E-state index in [4.69, 9.17) is 10.5 Å². The molecule has 8 nitrogen and oxygen atoms in total. The van der Waals surface area contributed by atoms with Gasteiger partial charge in [0.25, 0.3) is 5.91 Å². The van der Waals surface area contributed by atoms with Gasteiger partial charge < -0.3 is 15.0 Å². The molecule has 0 atom stereocenters. The molecule has 2 heterocycles. The number of imidazole rings is 1. The van der Waals surface area contributed by atoms with E-state index < -0.39 is 5.97 Å². The van der Waals surface area contributed by atoms with Crippen molar-refractivity contribution >= 4 is 28.7 Å². The van der Waals surface area contributed by atoms with E-state index in [1.165, 1.54) is 6.20 Å². The fourth-order valence-corrected chi connectivity index (χ4v) is 3.46. The summed E-state index contributed by atoms with van der Waals surface area (Å²) in [5.74, 6) is -0.459. The van der Waals surface area contributed by atoms with Gasteiger partial charge in [-0.05, 0) is 42.3 Å². The molecule has 2 aromatic carbocycles. The molecular formula is C24H21N5O3. The van der Waals surface area contributed by atoms with E-state index in [1.807, 2.05) is 23.7 Å². The van der Waals surface area contributed by atoms with Crippen LogP contribution in [-0.2, 0) is 19.9 Å². The third kappa shape index (κ3) is 4.39. The number of amides is 1. The minimum atomic E-state index is -0.971. The van der Waals surface area contributed by atoms with Crippen LogP contribution in [0, 0.1) is 5.41 Å². The van der Waals surface area contributed by atoms with Gasteiger partial charge in [0.15, 0.2) is 0 Å². The van der Waals surface area contributed by atoms with E-state index in [-0.39, 0.29) is 17.3 Å². The molecule has 1 amide bonds. The molecule has 0 unspecified atom stereocenters. The van der Waals surface area contributed by atoms with Gasteiger partial charge in [-0.15, -0.1) is 0 Å². The summed E-state index contributed by atoms with van der Waals surface area (Å²) < 4.78 is 1.97. The summed E-state index contributed by atoms with van der Waals surface area (Å²) in [4.78, 5) is 31.9. The van der Waals surface area contributed by atoms with Crippen LogP contribution in [0.15, 0.2) is 67.0 Å². The Morgan fingerprint density at radius 1 is 1.03 bits per heavy atom. The number of aromatic carboxylic acids is 1. The van der Waals surface area contributed by atoms with Crippen LogP contribution in [0.1, 0.15) is 37.7 Å². The summed E-state index contributed by atoms with van der Waals surface area (Å²) in [7, 11) is 1.92. The number of carboxylic acid groups (broad SMARTS) is 1. The van der Waals surface area contributed by atoms with Gasteiger partial charge in [-0.25, -0.2) is 9.78 Å². The number of rotatable bonds is 6. The third-order valence-electron chi connectivity index (χ3n) is 5.26. The number of nitrogens with one attached hydrogen (secondary N) is 2. The van der Waals surface area contributed by atoms with Crippen molar-refractivity contribution in [3.05, 3.63) is 95.1 Å². The lowest BCUT2D eigenvalue weighted by Crippen LogP contribution is -2.30. The second kappa shape index (κ2) is 8.81.